The number of nitrogens with one attached hydrogen (secondary N) is 1. The van der Waals surface area contributed by atoms with Crippen molar-refractivity contribution in [2.45, 2.75) is 31.3 Å². The van der Waals surface area contributed by atoms with Crippen LogP contribution in [0.5, 0.6) is 0 Å². The van der Waals surface area contributed by atoms with Crippen molar-refractivity contribution >= 4 is 5.91 Å². The second-order valence-corrected chi connectivity index (χ2v) is 5.33. The molecule has 1 saturated carbocycles. The molecule has 0 unspecified atom stereocenters. The Hall–Kier alpha value is -2.22. The fourth-order valence-corrected chi connectivity index (χ4v) is 2.63. The Morgan fingerprint density at radius 1 is 1.48 bits per heavy atom. The van der Waals surface area contributed by atoms with Crippen LogP contribution in [0.2, 0.25) is 0 Å². The van der Waals surface area contributed by atoms with Crippen LogP contribution in [-0.4, -0.2) is 48.2 Å². The van der Waals surface area contributed by atoms with Gasteiger partial charge in [-0.1, -0.05) is 0 Å². The molecule has 1 aliphatic carbocycles. The summed E-state index contributed by atoms with van der Waals surface area (Å²) in [5, 5.41) is 24.1. The minimum Gasteiger partial charge on any atom is -0.387 e. The van der Waals surface area contributed by atoms with Gasteiger partial charge in [-0.3, -0.25) is 9.48 Å². The SMILES string of the molecule is Cn1c(Cn2cccn2)nnc1C1CC(NC(=O)CO)C1. The number of carbonyl (C=O) groups is 1. The molecule has 3 rings (SSSR count). The molecule has 2 heterocycles. The lowest BCUT2D eigenvalue weighted by Crippen LogP contribution is -2.45. The van der Waals surface area contributed by atoms with Gasteiger partial charge in [-0.15, -0.1) is 10.2 Å². The first-order valence-electron chi connectivity index (χ1n) is 6.93. The van der Waals surface area contributed by atoms with E-state index < -0.39 is 6.61 Å². The number of rotatable bonds is 5. The fourth-order valence-electron chi connectivity index (χ4n) is 2.63. The van der Waals surface area contributed by atoms with Gasteiger partial charge in [0.15, 0.2) is 5.82 Å². The largest absolute Gasteiger partial charge is 0.387 e. The number of carbonyl (C=O) groups excluding carboxylic acids is 1. The number of nitrogens with zero attached hydrogens (tertiary/aromatic N) is 5. The molecule has 0 radical (unpaired) electrons. The summed E-state index contributed by atoms with van der Waals surface area (Å²) >= 11 is 0. The Labute approximate surface area is 121 Å². The summed E-state index contributed by atoms with van der Waals surface area (Å²) in [6, 6.07) is 2.00. The zero-order chi connectivity index (χ0) is 14.8. The van der Waals surface area contributed by atoms with Crippen molar-refractivity contribution in [3.8, 4) is 0 Å². The van der Waals surface area contributed by atoms with Crippen LogP contribution in [0.1, 0.15) is 30.4 Å². The molecule has 0 saturated heterocycles. The van der Waals surface area contributed by atoms with Crippen molar-refractivity contribution in [2.75, 3.05) is 6.61 Å². The molecule has 112 valence electrons. The minimum absolute atomic E-state index is 0.126. The van der Waals surface area contributed by atoms with E-state index in [9.17, 15) is 4.79 Å². The predicted octanol–water partition coefficient (Wildman–Crippen LogP) is -0.586. The third-order valence-corrected chi connectivity index (χ3v) is 3.87. The van der Waals surface area contributed by atoms with Gasteiger partial charge in [0.25, 0.3) is 0 Å². The molecule has 0 bridgehead atoms. The van der Waals surface area contributed by atoms with E-state index in [0.717, 1.165) is 24.5 Å². The number of aliphatic hydroxyl groups is 1. The lowest BCUT2D eigenvalue weighted by molar-refractivity contribution is -0.125. The van der Waals surface area contributed by atoms with Gasteiger partial charge in [0.2, 0.25) is 5.91 Å². The van der Waals surface area contributed by atoms with Crippen LogP contribution in [0.4, 0.5) is 0 Å². The van der Waals surface area contributed by atoms with Gasteiger partial charge in [0.1, 0.15) is 19.0 Å². The Morgan fingerprint density at radius 3 is 2.95 bits per heavy atom. The van der Waals surface area contributed by atoms with Crippen LogP contribution in [-0.2, 0) is 18.4 Å². The van der Waals surface area contributed by atoms with E-state index in [1.54, 1.807) is 10.9 Å². The first-order chi connectivity index (χ1) is 10.2. The lowest BCUT2D eigenvalue weighted by atomic mass is 9.79. The molecule has 0 spiro atoms. The highest BCUT2D eigenvalue weighted by Crippen LogP contribution is 2.35. The van der Waals surface area contributed by atoms with E-state index in [0.29, 0.717) is 12.5 Å². The highest BCUT2D eigenvalue weighted by Gasteiger charge is 2.34. The molecule has 2 N–H and O–H groups in total. The summed E-state index contributed by atoms with van der Waals surface area (Å²) in [6.45, 7) is 0.132. The fraction of sp³-hybridized carbons (Fsp3) is 0.538. The average molecular weight is 290 g/mol. The molecule has 8 heteroatoms. The number of hydrogen-bond donors (Lipinski definition) is 2. The standard InChI is InChI=1S/C13H18N6O2/c1-18-11(7-19-4-2-3-14-19)16-17-13(18)9-5-10(6-9)15-12(21)8-20/h2-4,9-10,20H,5-8H2,1H3,(H,15,21). The van der Waals surface area contributed by atoms with Crippen LogP contribution >= 0.6 is 0 Å². The van der Waals surface area contributed by atoms with Crippen LogP contribution in [0.15, 0.2) is 18.5 Å². The molecule has 8 nitrogen and oxygen atoms in total. The van der Waals surface area contributed by atoms with Crippen LogP contribution < -0.4 is 5.32 Å². The summed E-state index contributed by atoms with van der Waals surface area (Å²) < 4.78 is 3.80. The summed E-state index contributed by atoms with van der Waals surface area (Å²) in [7, 11) is 1.95. The van der Waals surface area contributed by atoms with E-state index >= 15 is 0 Å². The van der Waals surface area contributed by atoms with Gasteiger partial charge in [-0.05, 0) is 18.9 Å². The number of amides is 1. The van der Waals surface area contributed by atoms with Crippen molar-refractivity contribution in [3.05, 3.63) is 30.1 Å². The van der Waals surface area contributed by atoms with E-state index in [-0.39, 0.29) is 11.9 Å². The Bertz CT molecular complexity index is 615. The van der Waals surface area contributed by atoms with E-state index in [1.165, 1.54) is 0 Å². The first kappa shape index (κ1) is 13.7. The van der Waals surface area contributed by atoms with Crippen molar-refractivity contribution in [1.82, 2.24) is 29.9 Å². The van der Waals surface area contributed by atoms with Crippen LogP contribution in [0.25, 0.3) is 0 Å². The lowest BCUT2D eigenvalue weighted by Gasteiger charge is -2.34. The first-order valence-corrected chi connectivity index (χ1v) is 6.93. The highest BCUT2D eigenvalue weighted by atomic mass is 16.3. The molecule has 2 aromatic rings. The van der Waals surface area contributed by atoms with E-state index in [2.05, 4.69) is 20.6 Å². The highest BCUT2D eigenvalue weighted by molar-refractivity contribution is 5.77. The molecule has 1 fully saturated rings. The van der Waals surface area contributed by atoms with Crippen molar-refractivity contribution < 1.29 is 9.90 Å². The van der Waals surface area contributed by atoms with Gasteiger partial charge in [0.05, 0.1) is 0 Å². The second-order valence-electron chi connectivity index (χ2n) is 5.33. The topological polar surface area (TPSA) is 97.9 Å². The van der Waals surface area contributed by atoms with E-state index in [4.69, 9.17) is 5.11 Å². The summed E-state index contributed by atoms with van der Waals surface area (Å²) in [5.74, 6) is 1.77. The normalized spacial score (nSPS) is 21.0. The average Bonchev–Trinajstić information content (AvgIpc) is 3.06. The number of aliphatic hydroxyl groups excluding tert-OH is 1. The van der Waals surface area contributed by atoms with Crippen molar-refractivity contribution in [3.63, 3.8) is 0 Å². The van der Waals surface area contributed by atoms with Gasteiger partial charge in [0, 0.05) is 31.4 Å². The number of aromatic nitrogens is 5. The maximum Gasteiger partial charge on any atom is 0.245 e. The van der Waals surface area contributed by atoms with E-state index in [1.807, 2.05) is 23.9 Å². The monoisotopic (exact) mass is 290 g/mol. The molecule has 0 atom stereocenters. The zero-order valence-electron chi connectivity index (χ0n) is 11.8. The van der Waals surface area contributed by atoms with Crippen molar-refractivity contribution in [2.24, 2.45) is 7.05 Å². The number of hydrogen-bond acceptors (Lipinski definition) is 5. The third kappa shape index (κ3) is 2.80. The smallest absolute Gasteiger partial charge is 0.245 e. The Balaban J connectivity index is 1.60. The van der Waals surface area contributed by atoms with Crippen molar-refractivity contribution in [1.29, 1.82) is 0 Å². The predicted molar refractivity (Wildman–Crippen MR) is 73.3 cm³/mol. The van der Waals surface area contributed by atoms with Gasteiger partial charge in [-0.2, -0.15) is 5.10 Å². The van der Waals surface area contributed by atoms with Crippen LogP contribution in [0.3, 0.4) is 0 Å². The maximum absolute atomic E-state index is 11.1. The quantitative estimate of drug-likeness (QED) is 0.767. The molecule has 21 heavy (non-hydrogen) atoms. The third-order valence-electron chi connectivity index (χ3n) is 3.87. The Morgan fingerprint density at radius 2 is 2.29 bits per heavy atom. The van der Waals surface area contributed by atoms with Crippen LogP contribution in [0, 0.1) is 0 Å². The molecular weight excluding hydrogens is 272 g/mol. The molecule has 0 aromatic carbocycles. The minimum atomic E-state index is -0.459. The molecule has 2 aromatic heterocycles. The summed E-state index contributed by atoms with van der Waals surface area (Å²) in [5.41, 5.74) is 0. The Kier molecular flexibility index (Phi) is 3.70. The second kappa shape index (κ2) is 5.65. The molecular formula is C13H18N6O2. The molecule has 1 aliphatic rings. The summed E-state index contributed by atoms with van der Waals surface area (Å²) in [4.78, 5) is 11.1. The van der Waals surface area contributed by atoms with Gasteiger partial charge in [-0.25, -0.2) is 0 Å². The van der Waals surface area contributed by atoms with Gasteiger partial charge >= 0.3 is 0 Å². The summed E-state index contributed by atoms with van der Waals surface area (Å²) in [6.07, 6.45) is 5.29. The zero-order valence-corrected chi connectivity index (χ0v) is 11.8. The molecule has 0 aliphatic heterocycles. The maximum atomic E-state index is 11.1. The van der Waals surface area contributed by atoms with Gasteiger partial charge < -0.3 is 15.0 Å². The molecule has 1 amide bonds.